The van der Waals surface area contributed by atoms with Gasteiger partial charge in [0.25, 0.3) is 5.91 Å². The first-order chi connectivity index (χ1) is 22.2. The SMILES string of the molecule is C=N/C(=C(/C)C=NC(=N)/C=C(/C)NC)c1c[nH]c2c(N(C)Cc3c(C=O)cccc3NC(=O)c3cncc(C)c3)cccc12.CN. The molecular formula is C35H41N9O2. The molecule has 0 fully saturated rings. The summed E-state index contributed by atoms with van der Waals surface area (Å²) in [7, 11) is 5.22. The predicted molar refractivity (Wildman–Crippen MR) is 190 cm³/mol. The van der Waals surface area contributed by atoms with E-state index in [1.807, 2.05) is 57.1 Å². The van der Waals surface area contributed by atoms with Gasteiger partial charge in [0.2, 0.25) is 0 Å². The van der Waals surface area contributed by atoms with Crippen LogP contribution in [-0.2, 0) is 6.54 Å². The van der Waals surface area contributed by atoms with Crippen LogP contribution in [0.4, 0.5) is 11.4 Å². The molecule has 0 spiro atoms. The molecule has 2 aromatic carbocycles. The predicted octanol–water partition coefficient (Wildman–Crippen LogP) is 5.75. The van der Waals surface area contributed by atoms with Crippen molar-refractivity contribution in [3.8, 4) is 0 Å². The zero-order chi connectivity index (χ0) is 33.8. The van der Waals surface area contributed by atoms with Crippen LogP contribution in [-0.4, -0.2) is 62.1 Å². The summed E-state index contributed by atoms with van der Waals surface area (Å²) < 4.78 is 0. The van der Waals surface area contributed by atoms with E-state index in [1.165, 1.54) is 13.2 Å². The number of nitrogens with zero attached hydrogens (tertiary/aromatic N) is 4. The van der Waals surface area contributed by atoms with Gasteiger partial charge in [-0.2, -0.15) is 0 Å². The summed E-state index contributed by atoms with van der Waals surface area (Å²) in [6.07, 6.45) is 9.12. The molecule has 4 aromatic rings. The number of H-pyrrole nitrogens is 1. The van der Waals surface area contributed by atoms with Gasteiger partial charge < -0.3 is 26.3 Å². The smallest absolute Gasteiger partial charge is 0.257 e. The van der Waals surface area contributed by atoms with Gasteiger partial charge in [0, 0.05) is 85.0 Å². The maximum atomic E-state index is 13.0. The molecule has 2 aromatic heterocycles. The lowest BCUT2D eigenvalue weighted by Crippen LogP contribution is -2.21. The number of pyridine rings is 1. The summed E-state index contributed by atoms with van der Waals surface area (Å²) >= 11 is 0. The molecule has 4 rings (SSSR count). The van der Waals surface area contributed by atoms with Crippen molar-refractivity contribution in [1.82, 2.24) is 15.3 Å². The molecule has 46 heavy (non-hydrogen) atoms. The number of aldehydes is 1. The van der Waals surface area contributed by atoms with E-state index in [1.54, 1.807) is 49.8 Å². The lowest BCUT2D eigenvalue weighted by molar-refractivity contribution is 0.102. The number of para-hydroxylation sites is 1. The van der Waals surface area contributed by atoms with Gasteiger partial charge in [0.15, 0.2) is 0 Å². The van der Waals surface area contributed by atoms with Crippen LogP contribution in [0.15, 0.2) is 88.4 Å². The third-order valence-electron chi connectivity index (χ3n) is 7.16. The van der Waals surface area contributed by atoms with Crippen LogP contribution in [0.2, 0.25) is 0 Å². The van der Waals surface area contributed by atoms with Crippen molar-refractivity contribution in [2.75, 3.05) is 31.4 Å². The first-order valence-corrected chi connectivity index (χ1v) is 14.5. The number of carbonyl (C=O) groups is 2. The quantitative estimate of drug-likeness (QED) is 0.0815. The van der Waals surface area contributed by atoms with E-state index in [-0.39, 0.29) is 11.7 Å². The molecule has 0 radical (unpaired) electrons. The number of nitrogens with one attached hydrogen (secondary N) is 4. The second-order valence-corrected chi connectivity index (χ2v) is 10.4. The Morgan fingerprint density at radius 1 is 1.17 bits per heavy atom. The van der Waals surface area contributed by atoms with Crippen LogP contribution in [0.5, 0.6) is 0 Å². The summed E-state index contributed by atoms with van der Waals surface area (Å²) in [5.41, 5.74) is 12.4. The first kappa shape index (κ1) is 34.8. The van der Waals surface area contributed by atoms with Crippen LogP contribution in [0.3, 0.4) is 0 Å². The number of fused-ring (bicyclic) bond motifs is 1. The Morgan fingerprint density at radius 3 is 2.59 bits per heavy atom. The van der Waals surface area contributed by atoms with Crippen LogP contribution >= 0.6 is 0 Å². The maximum absolute atomic E-state index is 13.0. The molecule has 2 heterocycles. The number of carbonyl (C=O) groups excluding carboxylic acids is 2. The number of nitrogens with two attached hydrogens (primary N) is 1. The highest BCUT2D eigenvalue weighted by Crippen LogP contribution is 2.34. The Balaban J connectivity index is 0.00000282. The Hall–Kier alpha value is -5.68. The number of aromatic amines is 1. The summed E-state index contributed by atoms with van der Waals surface area (Å²) in [4.78, 5) is 43.1. The molecular weight excluding hydrogens is 578 g/mol. The number of amides is 1. The average Bonchev–Trinajstić information content (AvgIpc) is 3.49. The molecule has 0 saturated heterocycles. The van der Waals surface area contributed by atoms with Crippen molar-refractivity contribution in [2.24, 2.45) is 15.7 Å². The van der Waals surface area contributed by atoms with E-state index in [9.17, 15) is 9.59 Å². The number of hydrogen-bond acceptors (Lipinski definition) is 8. The molecule has 238 valence electrons. The molecule has 1 amide bonds. The van der Waals surface area contributed by atoms with Gasteiger partial charge in [-0.15, -0.1) is 0 Å². The molecule has 0 saturated carbocycles. The molecule has 0 aliphatic rings. The molecule has 0 aliphatic carbocycles. The highest BCUT2D eigenvalue weighted by Gasteiger charge is 2.18. The summed E-state index contributed by atoms with van der Waals surface area (Å²) in [6, 6.07) is 13.0. The fourth-order valence-corrected chi connectivity index (χ4v) is 4.82. The number of aromatic nitrogens is 2. The summed E-state index contributed by atoms with van der Waals surface area (Å²) in [6.45, 7) is 9.75. The number of amidine groups is 1. The van der Waals surface area contributed by atoms with Crippen LogP contribution < -0.4 is 21.3 Å². The van der Waals surface area contributed by atoms with Gasteiger partial charge in [-0.3, -0.25) is 25.0 Å². The third-order valence-corrected chi connectivity index (χ3v) is 7.16. The van der Waals surface area contributed by atoms with E-state index in [4.69, 9.17) is 5.41 Å². The molecule has 0 atom stereocenters. The molecule has 11 nitrogen and oxygen atoms in total. The van der Waals surface area contributed by atoms with Crippen LogP contribution in [0.1, 0.15) is 51.3 Å². The number of allylic oxidation sites excluding steroid dienone is 2. The highest BCUT2D eigenvalue weighted by atomic mass is 16.1. The molecule has 11 heteroatoms. The lowest BCUT2D eigenvalue weighted by atomic mass is 10.0. The number of aliphatic imine (C=N–C) groups is 2. The van der Waals surface area contributed by atoms with Gasteiger partial charge in [0.05, 0.1) is 22.5 Å². The van der Waals surface area contributed by atoms with Crippen molar-refractivity contribution in [3.05, 3.63) is 106 Å². The number of benzene rings is 2. The fraction of sp³-hybridized carbons (Fsp3) is 0.200. The number of anilines is 2. The van der Waals surface area contributed by atoms with Crippen LogP contribution in [0, 0.1) is 12.3 Å². The van der Waals surface area contributed by atoms with E-state index in [2.05, 4.69) is 43.0 Å². The van der Waals surface area contributed by atoms with E-state index < -0.39 is 0 Å². The summed E-state index contributed by atoms with van der Waals surface area (Å²) in [5, 5.41) is 14.9. The molecule has 0 unspecified atom stereocenters. The van der Waals surface area contributed by atoms with Crippen molar-refractivity contribution in [1.29, 1.82) is 5.41 Å². The number of rotatable bonds is 11. The van der Waals surface area contributed by atoms with Crippen molar-refractivity contribution in [2.45, 2.75) is 27.3 Å². The Kier molecular flexibility index (Phi) is 12.4. The fourth-order valence-electron chi connectivity index (χ4n) is 4.82. The largest absolute Gasteiger partial charge is 0.392 e. The third kappa shape index (κ3) is 8.27. The van der Waals surface area contributed by atoms with Crippen molar-refractivity contribution >= 4 is 58.9 Å². The Morgan fingerprint density at radius 2 is 1.91 bits per heavy atom. The number of aryl methyl sites for hydroxylation is 1. The van der Waals surface area contributed by atoms with Gasteiger partial charge in [0.1, 0.15) is 12.1 Å². The van der Waals surface area contributed by atoms with Crippen molar-refractivity contribution in [3.63, 3.8) is 0 Å². The minimum Gasteiger partial charge on any atom is -0.392 e. The Labute approximate surface area is 269 Å². The van der Waals surface area contributed by atoms with Gasteiger partial charge >= 0.3 is 0 Å². The highest BCUT2D eigenvalue weighted by molar-refractivity contribution is 6.06. The molecule has 6 N–H and O–H groups in total. The van der Waals surface area contributed by atoms with E-state index in [0.717, 1.165) is 45.3 Å². The minimum atomic E-state index is -0.303. The minimum absolute atomic E-state index is 0.115. The zero-order valence-electron chi connectivity index (χ0n) is 27.1. The topological polar surface area (TPSA) is 165 Å². The molecule has 0 aliphatic heterocycles. The monoisotopic (exact) mass is 619 g/mol. The zero-order valence-corrected chi connectivity index (χ0v) is 27.1. The van der Waals surface area contributed by atoms with E-state index in [0.29, 0.717) is 34.6 Å². The van der Waals surface area contributed by atoms with Gasteiger partial charge in [-0.25, -0.2) is 4.99 Å². The van der Waals surface area contributed by atoms with Gasteiger partial charge in [-0.05, 0) is 63.9 Å². The average molecular weight is 620 g/mol. The normalized spacial score (nSPS) is 11.8. The van der Waals surface area contributed by atoms with E-state index >= 15 is 0 Å². The number of hydrogen-bond donors (Lipinski definition) is 5. The maximum Gasteiger partial charge on any atom is 0.257 e. The lowest BCUT2D eigenvalue weighted by Gasteiger charge is -2.23. The van der Waals surface area contributed by atoms with Crippen LogP contribution in [0.25, 0.3) is 16.6 Å². The van der Waals surface area contributed by atoms with Gasteiger partial charge in [-0.1, -0.05) is 24.3 Å². The second kappa shape index (κ2) is 16.4. The Bertz CT molecular complexity index is 1830. The second-order valence-electron chi connectivity index (χ2n) is 10.4. The van der Waals surface area contributed by atoms with Crippen molar-refractivity contribution < 1.29 is 9.59 Å². The molecule has 0 bridgehead atoms. The standard InChI is InChI=1S/C34H36N8O2.CH5N/c1-21-13-25(17-38-15-21)34(44)41-29-11-7-9-24(20-43)28(29)19-42(6)30-12-8-10-26-27(18-40-33(26)30)32(37-5)22(2)16-39-31(35)14-23(3)36-4;1-2/h7-18,20,35-36,40H,5,19H2,1-4,6H3,(H,41,44);2H2,1H3/b23-14-,32-22-,35-31?,39-16?;. The first-order valence-electron chi connectivity index (χ1n) is 14.5. The summed E-state index contributed by atoms with van der Waals surface area (Å²) in [5.74, 6) is -0.188.